The van der Waals surface area contributed by atoms with Crippen molar-refractivity contribution in [1.82, 2.24) is 0 Å². The first-order valence-electron chi connectivity index (χ1n) is 5.68. The predicted molar refractivity (Wildman–Crippen MR) is 76.9 cm³/mol. The van der Waals surface area contributed by atoms with Crippen molar-refractivity contribution in [2.24, 2.45) is 0 Å². The Morgan fingerprint density at radius 2 is 1.95 bits per heavy atom. The van der Waals surface area contributed by atoms with E-state index in [1.54, 1.807) is 0 Å². The summed E-state index contributed by atoms with van der Waals surface area (Å²) in [6.45, 7) is 0. The zero-order chi connectivity index (χ0) is 15.6. The molecule has 0 radical (unpaired) electrons. The number of sulfonamides is 1. The van der Waals surface area contributed by atoms with Crippen molar-refractivity contribution in [3.63, 3.8) is 0 Å². The first kappa shape index (κ1) is 15.4. The van der Waals surface area contributed by atoms with E-state index in [4.69, 9.17) is 16.3 Å². The molecule has 0 heterocycles. The first-order chi connectivity index (χ1) is 9.83. The third-order valence-corrected chi connectivity index (χ3v) is 4.48. The molecule has 0 saturated carbocycles. The monoisotopic (exact) mass is 331 g/mol. The van der Waals surface area contributed by atoms with E-state index in [2.05, 4.69) is 4.72 Å². The van der Waals surface area contributed by atoms with Crippen LogP contribution in [0.4, 0.5) is 10.1 Å². The number of benzene rings is 2. The highest BCUT2D eigenvalue weighted by atomic mass is 35.5. The van der Waals surface area contributed by atoms with Crippen LogP contribution in [0.25, 0.3) is 0 Å². The molecule has 0 saturated heterocycles. The van der Waals surface area contributed by atoms with Gasteiger partial charge in [0.25, 0.3) is 10.0 Å². The highest BCUT2D eigenvalue weighted by molar-refractivity contribution is 7.92. The summed E-state index contributed by atoms with van der Waals surface area (Å²) >= 11 is 5.77. The van der Waals surface area contributed by atoms with E-state index in [0.29, 0.717) is 5.75 Å². The Kier molecular flexibility index (Phi) is 4.24. The molecule has 2 aromatic carbocycles. The van der Waals surface area contributed by atoms with Gasteiger partial charge >= 0.3 is 0 Å². The number of phenolic OH excluding ortho intramolecular Hbond substituents is 1. The van der Waals surface area contributed by atoms with E-state index in [1.165, 1.54) is 25.3 Å². The zero-order valence-electron chi connectivity index (χ0n) is 10.8. The number of hydrogen-bond acceptors (Lipinski definition) is 4. The fourth-order valence-corrected chi connectivity index (χ4v) is 3.19. The zero-order valence-corrected chi connectivity index (χ0v) is 12.4. The van der Waals surface area contributed by atoms with Crippen molar-refractivity contribution in [2.75, 3.05) is 11.8 Å². The second-order valence-corrected chi connectivity index (χ2v) is 6.12. The molecule has 0 aliphatic rings. The number of methoxy groups -OCH3 is 1. The van der Waals surface area contributed by atoms with Gasteiger partial charge in [0.05, 0.1) is 17.8 Å². The molecule has 8 heteroatoms. The van der Waals surface area contributed by atoms with Crippen LogP contribution >= 0.6 is 11.6 Å². The number of halogens is 2. The fraction of sp³-hybridized carbons (Fsp3) is 0.0769. The van der Waals surface area contributed by atoms with E-state index in [0.717, 1.165) is 18.2 Å². The van der Waals surface area contributed by atoms with Crippen molar-refractivity contribution in [1.29, 1.82) is 0 Å². The van der Waals surface area contributed by atoms with Crippen LogP contribution in [0, 0.1) is 5.82 Å². The lowest BCUT2D eigenvalue weighted by Gasteiger charge is -2.11. The lowest BCUT2D eigenvalue weighted by molar-refractivity contribution is 0.408. The molecule has 0 unspecified atom stereocenters. The predicted octanol–water partition coefficient (Wildman–Crippen LogP) is 2.99. The summed E-state index contributed by atoms with van der Waals surface area (Å²) in [5.41, 5.74) is -0.0730. The molecule has 0 spiro atoms. The quantitative estimate of drug-likeness (QED) is 0.844. The van der Waals surface area contributed by atoms with Crippen LogP contribution < -0.4 is 9.46 Å². The third-order valence-electron chi connectivity index (χ3n) is 2.63. The minimum Gasteiger partial charge on any atom is -0.506 e. The molecule has 0 aliphatic heterocycles. The van der Waals surface area contributed by atoms with Crippen LogP contribution in [0.1, 0.15) is 0 Å². The van der Waals surface area contributed by atoms with Crippen LogP contribution in [0.3, 0.4) is 0 Å². The SMILES string of the molecule is COc1ccc(NS(=O)(=O)c2cc(F)ccc2Cl)c(O)c1. The highest BCUT2D eigenvalue weighted by Gasteiger charge is 2.20. The topological polar surface area (TPSA) is 75.6 Å². The van der Waals surface area contributed by atoms with E-state index >= 15 is 0 Å². The van der Waals surface area contributed by atoms with Gasteiger partial charge in [0.15, 0.2) is 0 Å². The first-order valence-corrected chi connectivity index (χ1v) is 7.54. The summed E-state index contributed by atoms with van der Waals surface area (Å²) in [7, 11) is -2.72. The van der Waals surface area contributed by atoms with Gasteiger partial charge in [-0.15, -0.1) is 0 Å². The van der Waals surface area contributed by atoms with E-state index in [1.807, 2.05) is 0 Å². The van der Waals surface area contributed by atoms with Crippen molar-refractivity contribution in [2.45, 2.75) is 4.90 Å². The Labute approximate surface area is 126 Å². The van der Waals surface area contributed by atoms with Gasteiger partial charge in [0.1, 0.15) is 22.2 Å². The van der Waals surface area contributed by atoms with Crippen molar-refractivity contribution in [3.05, 3.63) is 47.2 Å². The Hall–Kier alpha value is -1.99. The number of phenols is 1. The largest absolute Gasteiger partial charge is 0.506 e. The second kappa shape index (κ2) is 5.79. The minimum absolute atomic E-state index is 0.0730. The molecule has 0 aliphatic carbocycles. The van der Waals surface area contributed by atoms with Crippen LogP contribution in [0.15, 0.2) is 41.3 Å². The van der Waals surface area contributed by atoms with Gasteiger partial charge in [-0.1, -0.05) is 11.6 Å². The molecule has 2 aromatic rings. The van der Waals surface area contributed by atoms with Gasteiger partial charge in [-0.25, -0.2) is 12.8 Å². The standard InChI is InChI=1S/C13H11ClFNO4S/c1-20-9-3-5-11(12(17)7-9)16-21(18,19)13-6-8(15)2-4-10(13)14/h2-7,16-17H,1H3. The molecule has 112 valence electrons. The molecular weight excluding hydrogens is 321 g/mol. The Bertz CT molecular complexity index is 780. The maximum absolute atomic E-state index is 13.2. The van der Waals surface area contributed by atoms with Crippen LogP contribution in [-0.4, -0.2) is 20.6 Å². The van der Waals surface area contributed by atoms with Crippen LogP contribution in [-0.2, 0) is 10.0 Å². The molecule has 0 aromatic heterocycles. The smallest absolute Gasteiger partial charge is 0.263 e. The number of aromatic hydroxyl groups is 1. The maximum atomic E-state index is 13.2. The summed E-state index contributed by atoms with van der Waals surface area (Å²) in [6.07, 6.45) is 0. The van der Waals surface area contributed by atoms with Crippen molar-refractivity contribution < 1.29 is 22.7 Å². The van der Waals surface area contributed by atoms with Gasteiger partial charge in [0.2, 0.25) is 0 Å². The second-order valence-electron chi connectivity index (χ2n) is 4.06. The van der Waals surface area contributed by atoms with E-state index in [9.17, 15) is 17.9 Å². The Morgan fingerprint density at radius 1 is 1.24 bits per heavy atom. The summed E-state index contributed by atoms with van der Waals surface area (Å²) < 4.78 is 44.6. The summed E-state index contributed by atoms with van der Waals surface area (Å²) in [5, 5.41) is 9.61. The summed E-state index contributed by atoms with van der Waals surface area (Å²) in [6, 6.07) is 7.01. The third kappa shape index (κ3) is 3.37. The number of anilines is 1. The average molecular weight is 332 g/mol. The van der Waals surface area contributed by atoms with Crippen LogP contribution in [0.5, 0.6) is 11.5 Å². The van der Waals surface area contributed by atoms with Gasteiger partial charge in [-0.3, -0.25) is 4.72 Å². The number of rotatable bonds is 4. The highest BCUT2D eigenvalue weighted by Crippen LogP contribution is 2.31. The molecule has 0 atom stereocenters. The van der Waals surface area contributed by atoms with Gasteiger partial charge in [-0.2, -0.15) is 0 Å². The molecule has 21 heavy (non-hydrogen) atoms. The Balaban J connectivity index is 2.40. The number of hydrogen-bond donors (Lipinski definition) is 2. The molecule has 2 N–H and O–H groups in total. The maximum Gasteiger partial charge on any atom is 0.263 e. The molecule has 0 amide bonds. The van der Waals surface area contributed by atoms with Crippen molar-refractivity contribution >= 4 is 27.3 Å². The molecule has 0 fully saturated rings. The number of ether oxygens (including phenoxy) is 1. The number of nitrogens with one attached hydrogen (secondary N) is 1. The van der Waals surface area contributed by atoms with E-state index < -0.39 is 20.7 Å². The molecular formula is C13H11ClFNO4S. The summed E-state index contributed by atoms with van der Waals surface area (Å²) in [4.78, 5) is -0.417. The Morgan fingerprint density at radius 3 is 2.57 bits per heavy atom. The lowest BCUT2D eigenvalue weighted by Crippen LogP contribution is -2.14. The normalized spacial score (nSPS) is 11.2. The van der Waals surface area contributed by atoms with Gasteiger partial charge in [0, 0.05) is 6.07 Å². The molecule has 5 nitrogen and oxygen atoms in total. The van der Waals surface area contributed by atoms with Gasteiger partial charge in [-0.05, 0) is 30.3 Å². The van der Waals surface area contributed by atoms with Crippen molar-refractivity contribution in [3.8, 4) is 11.5 Å². The lowest BCUT2D eigenvalue weighted by atomic mass is 10.3. The average Bonchev–Trinajstić information content (AvgIpc) is 2.43. The van der Waals surface area contributed by atoms with Crippen LogP contribution in [0.2, 0.25) is 5.02 Å². The van der Waals surface area contributed by atoms with E-state index in [-0.39, 0.29) is 16.5 Å². The fourth-order valence-electron chi connectivity index (χ4n) is 1.61. The minimum atomic E-state index is -4.13. The van der Waals surface area contributed by atoms with Gasteiger partial charge < -0.3 is 9.84 Å². The molecule has 2 rings (SSSR count). The summed E-state index contributed by atoms with van der Waals surface area (Å²) in [5.74, 6) is -0.705. The molecule has 0 bridgehead atoms.